The molecule has 1 fully saturated rings. The van der Waals surface area contributed by atoms with Crippen LogP contribution in [0.1, 0.15) is 39.0 Å². The summed E-state index contributed by atoms with van der Waals surface area (Å²) < 4.78 is 6.58. The molecule has 4 amide bonds. The minimum atomic E-state index is -1.30. The molecule has 3 aromatic rings. The Labute approximate surface area is 202 Å². The van der Waals surface area contributed by atoms with E-state index in [1.54, 1.807) is 62.8 Å². The number of hydrogen-bond acceptors (Lipinski definition) is 7. The van der Waals surface area contributed by atoms with Crippen molar-refractivity contribution < 1.29 is 19.1 Å². The summed E-state index contributed by atoms with van der Waals surface area (Å²) in [5.41, 5.74) is -0.316. The highest BCUT2D eigenvalue weighted by molar-refractivity contribution is 6.10. The average molecular weight is 478 g/mol. The normalized spacial score (nSPS) is 17.9. The van der Waals surface area contributed by atoms with E-state index in [-0.39, 0.29) is 11.4 Å². The molecule has 0 bridgehead atoms. The molecular formula is C24H27N7O4. The molecule has 2 N–H and O–H groups in total. The number of anilines is 1. The lowest BCUT2D eigenvalue weighted by atomic mass is 9.92. The summed E-state index contributed by atoms with van der Waals surface area (Å²) in [6.45, 7) is 7.10. The van der Waals surface area contributed by atoms with E-state index in [0.29, 0.717) is 22.8 Å². The number of hydrogen-bond donors (Lipinski definition) is 2. The van der Waals surface area contributed by atoms with Crippen molar-refractivity contribution in [3.05, 3.63) is 60.0 Å². The number of nitrogens with zero attached hydrogens (tertiary/aromatic N) is 5. The monoisotopic (exact) mass is 477 g/mol. The molecule has 1 aliphatic rings. The van der Waals surface area contributed by atoms with Gasteiger partial charge in [0.15, 0.2) is 0 Å². The van der Waals surface area contributed by atoms with Gasteiger partial charge in [0, 0.05) is 23.9 Å². The first kappa shape index (κ1) is 23.9. The fourth-order valence-corrected chi connectivity index (χ4v) is 3.68. The molecule has 4 rings (SSSR count). The highest BCUT2D eigenvalue weighted by Crippen LogP contribution is 2.30. The van der Waals surface area contributed by atoms with Crippen molar-refractivity contribution in [2.24, 2.45) is 0 Å². The Hall–Kier alpha value is -4.28. The van der Waals surface area contributed by atoms with Crippen LogP contribution in [0.2, 0.25) is 0 Å². The average Bonchev–Trinajstić information content (AvgIpc) is 3.35. The Balaban J connectivity index is 1.55. The van der Waals surface area contributed by atoms with E-state index in [4.69, 9.17) is 4.74 Å². The predicted molar refractivity (Wildman–Crippen MR) is 127 cm³/mol. The van der Waals surface area contributed by atoms with Crippen molar-refractivity contribution in [1.29, 1.82) is 0 Å². The molecule has 0 saturated carbocycles. The van der Waals surface area contributed by atoms with Crippen LogP contribution in [0.5, 0.6) is 5.75 Å². The van der Waals surface area contributed by atoms with Gasteiger partial charge < -0.3 is 15.4 Å². The number of aromatic nitrogens is 4. The Morgan fingerprint density at radius 2 is 1.80 bits per heavy atom. The van der Waals surface area contributed by atoms with Gasteiger partial charge in [-0.05, 0) is 30.7 Å². The van der Waals surface area contributed by atoms with Gasteiger partial charge in [-0.3, -0.25) is 14.5 Å². The van der Waals surface area contributed by atoms with E-state index in [1.807, 2.05) is 20.8 Å². The maximum atomic E-state index is 13.2. The number of carbonyl (C=O) groups excluding carboxylic acids is 3. The highest BCUT2D eigenvalue weighted by atomic mass is 16.5. The quantitative estimate of drug-likeness (QED) is 0.521. The van der Waals surface area contributed by atoms with Crippen LogP contribution in [0, 0.1) is 0 Å². The molecule has 1 saturated heterocycles. The topological polar surface area (TPSA) is 131 Å². The number of carbonyl (C=O) groups is 3. The SMILES string of the molecule is COc1ccc(C2(C)NC(=O)N(CC(=O)Nc3cc(C(C)(C)C)nn3-c3ncccn3)C2=O)cc1. The molecule has 2 aromatic heterocycles. The Kier molecular flexibility index (Phi) is 6.01. The molecule has 182 valence electrons. The molecule has 1 aromatic carbocycles. The van der Waals surface area contributed by atoms with Crippen LogP contribution in [0.4, 0.5) is 10.6 Å². The Morgan fingerprint density at radius 1 is 1.14 bits per heavy atom. The summed E-state index contributed by atoms with van der Waals surface area (Å²) in [6, 6.07) is 9.55. The van der Waals surface area contributed by atoms with Crippen molar-refractivity contribution in [2.75, 3.05) is 19.0 Å². The van der Waals surface area contributed by atoms with Gasteiger partial charge in [0.2, 0.25) is 5.91 Å². The third-order valence-electron chi connectivity index (χ3n) is 5.73. The molecule has 1 aliphatic heterocycles. The molecule has 0 aliphatic carbocycles. The summed E-state index contributed by atoms with van der Waals surface area (Å²) in [4.78, 5) is 48.1. The number of benzene rings is 1. The first-order valence-electron chi connectivity index (χ1n) is 11.0. The van der Waals surface area contributed by atoms with E-state index in [9.17, 15) is 14.4 Å². The van der Waals surface area contributed by atoms with E-state index >= 15 is 0 Å². The molecule has 0 radical (unpaired) electrons. The number of methoxy groups -OCH3 is 1. The smallest absolute Gasteiger partial charge is 0.325 e. The van der Waals surface area contributed by atoms with Crippen LogP contribution in [-0.4, -0.2) is 56.1 Å². The largest absolute Gasteiger partial charge is 0.497 e. The van der Waals surface area contributed by atoms with Gasteiger partial charge in [-0.25, -0.2) is 14.8 Å². The summed E-state index contributed by atoms with van der Waals surface area (Å²) in [5, 5.41) is 9.99. The van der Waals surface area contributed by atoms with Crippen molar-refractivity contribution >= 4 is 23.7 Å². The van der Waals surface area contributed by atoms with Gasteiger partial charge in [-0.1, -0.05) is 32.9 Å². The number of amides is 4. The summed E-state index contributed by atoms with van der Waals surface area (Å²) in [7, 11) is 1.54. The Morgan fingerprint density at radius 3 is 2.40 bits per heavy atom. The van der Waals surface area contributed by atoms with Crippen molar-refractivity contribution in [3.63, 3.8) is 0 Å². The summed E-state index contributed by atoms with van der Waals surface area (Å²) in [5.74, 6) is 0.138. The van der Waals surface area contributed by atoms with Gasteiger partial charge in [0.25, 0.3) is 11.9 Å². The minimum Gasteiger partial charge on any atom is -0.497 e. The van der Waals surface area contributed by atoms with E-state index in [0.717, 1.165) is 4.90 Å². The third kappa shape index (κ3) is 4.57. The van der Waals surface area contributed by atoms with E-state index in [1.165, 1.54) is 4.68 Å². The zero-order chi connectivity index (χ0) is 25.4. The van der Waals surface area contributed by atoms with E-state index in [2.05, 4.69) is 25.7 Å². The lowest BCUT2D eigenvalue weighted by molar-refractivity contribution is -0.133. The van der Waals surface area contributed by atoms with Crippen LogP contribution in [0.3, 0.4) is 0 Å². The third-order valence-corrected chi connectivity index (χ3v) is 5.73. The van der Waals surface area contributed by atoms with Crippen LogP contribution >= 0.6 is 0 Å². The van der Waals surface area contributed by atoms with Gasteiger partial charge in [0.05, 0.1) is 12.8 Å². The fraction of sp³-hybridized carbons (Fsp3) is 0.333. The molecule has 0 spiro atoms. The molecule has 35 heavy (non-hydrogen) atoms. The Bertz CT molecular complexity index is 1270. The lowest BCUT2D eigenvalue weighted by Crippen LogP contribution is -2.42. The zero-order valence-electron chi connectivity index (χ0n) is 20.2. The lowest BCUT2D eigenvalue weighted by Gasteiger charge is -2.22. The summed E-state index contributed by atoms with van der Waals surface area (Å²) >= 11 is 0. The molecule has 11 heteroatoms. The first-order chi connectivity index (χ1) is 16.5. The standard InChI is InChI=1S/C24H27N7O4/c1-23(2,3)17-13-18(31(29-17)21-25-11-6-12-26-21)27-19(32)14-30-20(33)24(4,28-22(30)34)15-7-9-16(35-5)10-8-15/h6-13H,14H2,1-5H3,(H,27,32)(H,28,34). The molecular weight excluding hydrogens is 450 g/mol. The number of ether oxygens (including phenoxy) is 1. The van der Waals surface area contributed by atoms with Crippen molar-refractivity contribution in [2.45, 2.75) is 38.6 Å². The minimum absolute atomic E-state index is 0.278. The maximum Gasteiger partial charge on any atom is 0.325 e. The van der Waals surface area contributed by atoms with Crippen molar-refractivity contribution in [3.8, 4) is 11.7 Å². The second kappa shape index (κ2) is 8.82. The van der Waals surface area contributed by atoms with Crippen LogP contribution in [0.25, 0.3) is 5.95 Å². The predicted octanol–water partition coefficient (Wildman–Crippen LogP) is 2.37. The number of rotatable bonds is 6. The molecule has 1 unspecified atom stereocenters. The van der Waals surface area contributed by atoms with E-state index < -0.39 is 29.9 Å². The van der Waals surface area contributed by atoms with Crippen LogP contribution in [-0.2, 0) is 20.5 Å². The maximum absolute atomic E-state index is 13.2. The van der Waals surface area contributed by atoms with Gasteiger partial charge in [0.1, 0.15) is 23.7 Å². The van der Waals surface area contributed by atoms with Crippen LogP contribution in [0.15, 0.2) is 48.8 Å². The number of imide groups is 1. The van der Waals surface area contributed by atoms with Gasteiger partial charge in [-0.15, -0.1) is 0 Å². The molecule has 11 nitrogen and oxygen atoms in total. The van der Waals surface area contributed by atoms with Gasteiger partial charge >= 0.3 is 6.03 Å². The zero-order valence-corrected chi connectivity index (χ0v) is 20.2. The molecule has 1 atom stereocenters. The second-order valence-electron chi connectivity index (χ2n) is 9.35. The second-order valence-corrected chi connectivity index (χ2v) is 9.35. The number of urea groups is 1. The highest BCUT2D eigenvalue weighted by Gasteiger charge is 2.49. The van der Waals surface area contributed by atoms with Crippen LogP contribution < -0.4 is 15.4 Å². The van der Waals surface area contributed by atoms with Crippen molar-refractivity contribution in [1.82, 2.24) is 30.0 Å². The van der Waals surface area contributed by atoms with Gasteiger partial charge in [-0.2, -0.15) is 9.78 Å². The summed E-state index contributed by atoms with van der Waals surface area (Å²) in [6.07, 6.45) is 3.14. The first-order valence-corrected chi connectivity index (χ1v) is 11.0. The molecule has 3 heterocycles. The number of nitrogens with one attached hydrogen (secondary N) is 2. The fourth-order valence-electron chi connectivity index (χ4n) is 3.68.